The predicted octanol–water partition coefficient (Wildman–Crippen LogP) is 2.32. The first kappa shape index (κ1) is 19.1. The highest BCUT2D eigenvalue weighted by atomic mass is 19.1. The topological polar surface area (TPSA) is 79.8 Å². The van der Waals surface area contributed by atoms with Crippen LogP contribution in [0.4, 0.5) is 4.39 Å². The van der Waals surface area contributed by atoms with Gasteiger partial charge < -0.3 is 15.5 Å². The van der Waals surface area contributed by atoms with Gasteiger partial charge in [-0.1, -0.05) is 47.6 Å². The second-order valence-electron chi connectivity index (χ2n) is 7.38. The average molecular weight is 395 g/mol. The summed E-state index contributed by atoms with van der Waals surface area (Å²) in [7, 11) is 0. The number of nitrogens with zero attached hydrogens (tertiary/aromatic N) is 1. The van der Waals surface area contributed by atoms with E-state index in [1.807, 2.05) is 30.3 Å². The van der Waals surface area contributed by atoms with Crippen molar-refractivity contribution in [1.82, 2.24) is 10.6 Å². The number of hydrogen-bond donors (Lipinski definition) is 2. The van der Waals surface area contributed by atoms with E-state index in [0.717, 1.165) is 18.4 Å². The summed E-state index contributed by atoms with van der Waals surface area (Å²) in [5.74, 6) is -0.923. The van der Waals surface area contributed by atoms with Gasteiger partial charge in [-0.25, -0.2) is 4.39 Å². The Labute approximate surface area is 168 Å². The highest BCUT2D eigenvalue weighted by Crippen LogP contribution is 2.20. The van der Waals surface area contributed by atoms with E-state index in [-0.39, 0.29) is 24.2 Å². The van der Waals surface area contributed by atoms with Crippen LogP contribution in [-0.2, 0) is 20.8 Å². The Morgan fingerprint density at radius 2 is 1.83 bits per heavy atom. The molecule has 1 aliphatic carbocycles. The minimum atomic E-state index is -0.818. The van der Waals surface area contributed by atoms with Crippen molar-refractivity contribution in [2.24, 2.45) is 5.16 Å². The Bertz CT molecular complexity index is 911. The number of carbonyl (C=O) groups is 2. The normalized spacial score (nSPS) is 19.1. The molecule has 0 radical (unpaired) electrons. The molecule has 2 aromatic rings. The molecule has 2 amide bonds. The molecule has 2 N–H and O–H groups in total. The van der Waals surface area contributed by atoms with Crippen LogP contribution in [0.5, 0.6) is 0 Å². The SMILES string of the molecule is O=C(NC1CC1)C(Cc1ccccc1)NC(=O)C1CC(c2ccc(F)cc2)=NO1. The molecule has 0 saturated heterocycles. The third kappa shape index (κ3) is 4.99. The van der Waals surface area contributed by atoms with Crippen molar-refractivity contribution >= 4 is 17.5 Å². The lowest BCUT2D eigenvalue weighted by Gasteiger charge is -2.20. The van der Waals surface area contributed by atoms with E-state index in [4.69, 9.17) is 4.84 Å². The highest BCUT2D eigenvalue weighted by Gasteiger charge is 2.33. The molecule has 0 bridgehead atoms. The first-order valence-electron chi connectivity index (χ1n) is 9.72. The molecule has 6 nitrogen and oxygen atoms in total. The van der Waals surface area contributed by atoms with Gasteiger partial charge in [0.15, 0.2) is 0 Å². The molecule has 2 aliphatic rings. The van der Waals surface area contributed by atoms with Crippen molar-refractivity contribution in [2.75, 3.05) is 0 Å². The van der Waals surface area contributed by atoms with Crippen LogP contribution in [0.25, 0.3) is 0 Å². The molecule has 2 atom stereocenters. The van der Waals surface area contributed by atoms with E-state index in [0.29, 0.717) is 17.7 Å². The lowest BCUT2D eigenvalue weighted by atomic mass is 10.0. The molecular formula is C22H22FN3O3. The van der Waals surface area contributed by atoms with E-state index >= 15 is 0 Å². The summed E-state index contributed by atoms with van der Waals surface area (Å²) >= 11 is 0. The van der Waals surface area contributed by atoms with Crippen molar-refractivity contribution in [1.29, 1.82) is 0 Å². The van der Waals surface area contributed by atoms with E-state index < -0.39 is 18.1 Å². The fourth-order valence-electron chi connectivity index (χ4n) is 3.18. The third-order valence-electron chi connectivity index (χ3n) is 4.98. The zero-order valence-electron chi connectivity index (χ0n) is 15.8. The molecule has 29 heavy (non-hydrogen) atoms. The summed E-state index contributed by atoms with van der Waals surface area (Å²) in [4.78, 5) is 30.7. The molecule has 1 aliphatic heterocycles. The lowest BCUT2D eigenvalue weighted by molar-refractivity contribution is -0.135. The Morgan fingerprint density at radius 3 is 2.52 bits per heavy atom. The van der Waals surface area contributed by atoms with Crippen LogP contribution < -0.4 is 10.6 Å². The van der Waals surface area contributed by atoms with Gasteiger partial charge in [0.05, 0.1) is 5.71 Å². The molecule has 2 aromatic carbocycles. The Hall–Kier alpha value is -3.22. The number of rotatable bonds is 7. The molecule has 1 fully saturated rings. The van der Waals surface area contributed by atoms with Crippen LogP contribution in [0.3, 0.4) is 0 Å². The van der Waals surface area contributed by atoms with Gasteiger partial charge >= 0.3 is 0 Å². The second-order valence-corrected chi connectivity index (χ2v) is 7.38. The fourth-order valence-corrected chi connectivity index (χ4v) is 3.18. The molecule has 2 unspecified atom stereocenters. The maximum Gasteiger partial charge on any atom is 0.265 e. The molecule has 7 heteroatoms. The highest BCUT2D eigenvalue weighted by molar-refractivity contribution is 6.04. The van der Waals surface area contributed by atoms with E-state index in [9.17, 15) is 14.0 Å². The van der Waals surface area contributed by atoms with Gasteiger partial charge in [0, 0.05) is 18.9 Å². The van der Waals surface area contributed by atoms with Crippen LogP contribution in [-0.4, -0.2) is 35.7 Å². The number of oxime groups is 1. The van der Waals surface area contributed by atoms with Crippen molar-refractivity contribution in [3.8, 4) is 0 Å². The molecule has 1 saturated carbocycles. The van der Waals surface area contributed by atoms with Crippen LogP contribution in [0, 0.1) is 5.82 Å². The second kappa shape index (κ2) is 8.43. The van der Waals surface area contributed by atoms with Gasteiger partial charge in [-0.15, -0.1) is 0 Å². The quantitative estimate of drug-likeness (QED) is 0.755. The maximum absolute atomic E-state index is 13.1. The summed E-state index contributed by atoms with van der Waals surface area (Å²) in [5, 5.41) is 9.73. The molecule has 1 heterocycles. The predicted molar refractivity (Wildman–Crippen MR) is 106 cm³/mol. The van der Waals surface area contributed by atoms with Gasteiger partial charge in [0.2, 0.25) is 12.0 Å². The van der Waals surface area contributed by atoms with Crippen molar-refractivity contribution in [3.63, 3.8) is 0 Å². The summed E-state index contributed by atoms with van der Waals surface area (Å²) in [6.07, 6.45) is 1.78. The zero-order chi connectivity index (χ0) is 20.2. The van der Waals surface area contributed by atoms with Crippen LogP contribution in [0.1, 0.15) is 30.4 Å². The molecule has 0 aromatic heterocycles. The van der Waals surface area contributed by atoms with Gasteiger partial charge in [-0.05, 0) is 36.1 Å². The number of halogens is 1. The lowest BCUT2D eigenvalue weighted by Crippen LogP contribution is -2.51. The molecule has 0 spiro atoms. The first-order valence-corrected chi connectivity index (χ1v) is 9.72. The minimum Gasteiger partial charge on any atom is -0.382 e. The van der Waals surface area contributed by atoms with Gasteiger partial charge in [0.1, 0.15) is 11.9 Å². The summed E-state index contributed by atoms with van der Waals surface area (Å²) in [5.41, 5.74) is 2.24. The van der Waals surface area contributed by atoms with Crippen molar-refractivity contribution in [2.45, 2.75) is 43.9 Å². The van der Waals surface area contributed by atoms with Crippen molar-refractivity contribution < 1.29 is 18.8 Å². The van der Waals surface area contributed by atoms with E-state index in [2.05, 4.69) is 15.8 Å². The van der Waals surface area contributed by atoms with Gasteiger partial charge in [0.25, 0.3) is 5.91 Å². The largest absolute Gasteiger partial charge is 0.382 e. The van der Waals surface area contributed by atoms with Gasteiger partial charge in [-0.2, -0.15) is 0 Å². The van der Waals surface area contributed by atoms with Crippen molar-refractivity contribution in [3.05, 3.63) is 71.5 Å². The third-order valence-corrected chi connectivity index (χ3v) is 4.98. The van der Waals surface area contributed by atoms with E-state index in [1.165, 1.54) is 12.1 Å². The Kier molecular flexibility index (Phi) is 5.55. The van der Waals surface area contributed by atoms with Crippen LogP contribution in [0.15, 0.2) is 59.8 Å². The average Bonchev–Trinajstić information content (AvgIpc) is 3.40. The zero-order valence-corrected chi connectivity index (χ0v) is 15.8. The standard InChI is InChI=1S/C22H22FN3O3/c23-16-8-6-15(7-9-16)18-13-20(29-26-18)22(28)25-19(21(27)24-17-10-11-17)12-14-4-2-1-3-5-14/h1-9,17,19-20H,10-13H2,(H,24,27)(H,25,28). The van der Waals surface area contributed by atoms with Gasteiger partial charge in [-0.3, -0.25) is 9.59 Å². The number of carbonyl (C=O) groups excluding carboxylic acids is 2. The Morgan fingerprint density at radius 1 is 1.10 bits per heavy atom. The Balaban J connectivity index is 1.39. The number of amides is 2. The first-order chi connectivity index (χ1) is 14.1. The molecule has 150 valence electrons. The van der Waals surface area contributed by atoms with Crippen LogP contribution in [0.2, 0.25) is 0 Å². The monoisotopic (exact) mass is 395 g/mol. The number of nitrogens with one attached hydrogen (secondary N) is 2. The summed E-state index contributed by atoms with van der Waals surface area (Å²) < 4.78 is 13.1. The summed E-state index contributed by atoms with van der Waals surface area (Å²) in [6, 6.07) is 14.9. The maximum atomic E-state index is 13.1. The molecular weight excluding hydrogens is 373 g/mol. The smallest absolute Gasteiger partial charge is 0.265 e. The summed E-state index contributed by atoms with van der Waals surface area (Å²) in [6.45, 7) is 0. The molecule has 4 rings (SSSR count). The van der Waals surface area contributed by atoms with E-state index in [1.54, 1.807) is 12.1 Å². The van der Waals surface area contributed by atoms with Crippen LogP contribution >= 0.6 is 0 Å². The number of hydrogen-bond acceptors (Lipinski definition) is 4. The fraction of sp³-hybridized carbons (Fsp3) is 0.318. The number of benzene rings is 2. The minimum absolute atomic E-state index is 0.192.